The summed E-state index contributed by atoms with van der Waals surface area (Å²) in [6, 6.07) is 11.7. The third-order valence-electron chi connectivity index (χ3n) is 5.58. The van der Waals surface area contributed by atoms with Gasteiger partial charge in [0.15, 0.2) is 0 Å². The molecule has 30 heavy (non-hydrogen) atoms. The second kappa shape index (κ2) is 9.07. The number of carbonyl (C=O) groups is 3. The fourth-order valence-electron chi connectivity index (χ4n) is 3.88. The summed E-state index contributed by atoms with van der Waals surface area (Å²) in [5.41, 5.74) is 0.412. The highest BCUT2D eigenvalue weighted by Crippen LogP contribution is 2.34. The number of nitrogens with one attached hydrogen (secondary N) is 2. The highest BCUT2D eigenvalue weighted by atomic mass is 19.1. The molecule has 158 valence electrons. The highest BCUT2D eigenvalue weighted by Gasteiger charge is 2.42. The van der Waals surface area contributed by atoms with Gasteiger partial charge in [-0.3, -0.25) is 14.4 Å². The Labute approximate surface area is 174 Å². The summed E-state index contributed by atoms with van der Waals surface area (Å²) in [5.74, 6) is -1.88. The Hall–Kier alpha value is -3.22. The van der Waals surface area contributed by atoms with Crippen LogP contribution in [0.5, 0.6) is 0 Å². The number of anilines is 1. The molecular formula is C23H25FN2O4. The minimum atomic E-state index is -0.699. The first-order chi connectivity index (χ1) is 14.3. The molecule has 2 aromatic carbocycles. The van der Waals surface area contributed by atoms with Crippen LogP contribution in [0.4, 0.5) is 10.1 Å². The predicted molar refractivity (Wildman–Crippen MR) is 111 cm³/mol. The van der Waals surface area contributed by atoms with Gasteiger partial charge in [0.05, 0.1) is 18.6 Å². The maximum Gasteiger partial charge on any atom is 0.311 e. The first kappa shape index (κ1) is 21.5. The molecule has 0 aliphatic heterocycles. The van der Waals surface area contributed by atoms with Crippen molar-refractivity contribution < 1.29 is 23.5 Å². The number of halogens is 1. The summed E-state index contributed by atoms with van der Waals surface area (Å²) in [6.45, 7) is 1.87. The van der Waals surface area contributed by atoms with E-state index in [-0.39, 0.29) is 11.9 Å². The van der Waals surface area contributed by atoms with Crippen LogP contribution in [-0.2, 0) is 9.53 Å². The molecule has 7 heteroatoms. The molecular weight excluding hydrogens is 387 g/mol. The number of amides is 2. The molecule has 0 bridgehead atoms. The van der Waals surface area contributed by atoms with Crippen LogP contribution in [0.25, 0.3) is 0 Å². The molecule has 0 heterocycles. The summed E-state index contributed by atoms with van der Waals surface area (Å²) in [5, 5.41) is 5.71. The maximum atomic E-state index is 13.0. The van der Waals surface area contributed by atoms with Gasteiger partial charge in [-0.1, -0.05) is 18.9 Å². The average molecular weight is 412 g/mol. The van der Waals surface area contributed by atoms with Gasteiger partial charge in [0.2, 0.25) is 0 Å². The van der Waals surface area contributed by atoms with Crippen LogP contribution in [0.1, 0.15) is 53.3 Å². The van der Waals surface area contributed by atoms with Crippen LogP contribution in [-0.4, -0.2) is 30.4 Å². The Morgan fingerprint density at radius 2 is 1.77 bits per heavy atom. The van der Waals surface area contributed by atoms with Gasteiger partial charge in [-0.15, -0.1) is 0 Å². The van der Waals surface area contributed by atoms with Crippen molar-refractivity contribution in [3.8, 4) is 0 Å². The van der Waals surface area contributed by atoms with Crippen LogP contribution in [0, 0.1) is 11.7 Å². The average Bonchev–Trinajstić information content (AvgIpc) is 2.74. The number of benzene rings is 2. The number of carbonyl (C=O) groups excluding carboxylic acids is 3. The Morgan fingerprint density at radius 3 is 2.47 bits per heavy atom. The van der Waals surface area contributed by atoms with Crippen LogP contribution in [0.2, 0.25) is 0 Å². The summed E-state index contributed by atoms with van der Waals surface area (Å²) < 4.78 is 18.0. The van der Waals surface area contributed by atoms with Crippen molar-refractivity contribution in [1.82, 2.24) is 5.32 Å². The fraction of sp³-hybridized carbons (Fsp3) is 0.348. The Balaban J connectivity index is 1.73. The zero-order valence-electron chi connectivity index (χ0n) is 17.0. The molecule has 1 fully saturated rings. The van der Waals surface area contributed by atoms with E-state index in [0.717, 1.165) is 12.8 Å². The molecule has 0 unspecified atom stereocenters. The van der Waals surface area contributed by atoms with E-state index in [2.05, 4.69) is 10.6 Å². The fourth-order valence-corrected chi connectivity index (χ4v) is 3.88. The third-order valence-corrected chi connectivity index (χ3v) is 5.58. The minimum absolute atomic E-state index is 0.307. The van der Waals surface area contributed by atoms with E-state index >= 15 is 0 Å². The summed E-state index contributed by atoms with van der Waals surface area (Å²) in [6.07, 6.45) is 3.17. The molecule has 2 amide bonds. The van der Waals surface area contributed by atoms with Gasteiger partial charge < -0.3 is 15.4 Å². The lowest BCUT2D eigenvalue weighted by atomic mass is 9.73. The summed E-state index contributed by atoms with van der Waals surface area (Å²) in [7, 11) is 1.35. The molecule has 0 spiro atoms. The Morgan fingerprint density at radius 1 is 1.03 bits per heavy atom. The van der Waals surface area contributed by atoms with Crippen LogP contribution < -0.4 is 10.6 Å². The number of ether oxygens (including phenoxy) is 1. The van der Waals surface area contributed by atoms with Crippen molar-refractivity contribution in [2.24, 2.45) is 5.92 Å². The van der Waals surface area contributed by atoms with Gasteiger partial charge in [-0.2, -0.15) is 0 Å². The molecule has 1 aliphatic rings. The Bertz CT molecular complexity index is 944. The zero-order chi connectivity index (χ0) is 21.7. The predicted octanol–water partition coefficient (Wildman–Crippen LogP) is 3.93. The Kier molecular flexibility index (Phi) is 6.50. The first-order valence-electron chi connectivity index (χ1n) is 9.90. The topological polar surface area (TPSA) is 84.5 Å². The lowest BCUT2D eigenvalue weighted by Crippen LogP contribution is -2.55. The van der Waals surface area contributed by atoms with Gasteiger partial charge in [0.1, 0.15) is 5.82 Å². The number of hydrogen-bond acceptors (Lipinski definition) is 4. The quantitative estimate of drug-likeness (QED) is 0.729. The van der Waals surface area contributed by atoms with Crippen molar-refractivity contribution in [3.05, 3.63) is 65.5 Å². The molecule has 3 rings (SSSR count). The van der Waals surface area contributed by atoms with E-state index in [1.165, 1.54) is 31.4 Å². The van der Waals surface area contributed by atoms with E-state index in [4.69, 9.17) is 4.74 Å². The zero-order valence-corrected chi connectivity index (χ0v) is 17.0. The number of hydrogen-bond donors (Lipinski definition) is 2. The second-order valence-corrected chi connectivity index (χ2v) is 7.73. The van der Waals surface area contributed by atoms with Crippen molar-refractivity contribution in [3.63, 3.8) is 0 Å². The maximum absolute atomic E-state index is 13.0. The first-order valence-corrected chi connectivity index (χ1v) is 9.90. The summed E-state index contributed by atoms with van der Waals surface area (Å²) >= 11 is 0. The van der Waals surface area contributed by atoms with Crippen molar-refractivity contribution >= 4 is 23.5 Å². The van der Waals surface area contributed by atoms with Crippen LogP contribution in [0.15, 0.2) is 48.5 Å². The molecule has 2 atom stereocenters. The smallest absolute Gasteiger partial charge is 0.311 e. The number of rotatable bonds is 5. The molecule has 6 nitrogen and oxygen atoms in total. The van der Waals surface area contributed by atoms with Gasteiger partial charge in [0.25, 0.3) is 11.8 Å². The van der Waals surface area contributed by atoms with E-state index in [1.54, 1.807) is 24.3 Å². The van der Waals surface area contributed by atoms with Crippen molar-refractivity contribution in [1.29, 1.82) is 0 Å². The largest absolute Gasteiger partial charge is 0.469 e. The van der Waals surface area contributed by atoms with Crippen molar-refractivity contribution in [2.45, 2.75) is 38.1 Å². The molecule has 1 aliphatic carbocycles. The lowest BCUT2D eigenvalue weighted by Gasteiger charge is -2.40. The monoisotopic (exact) mass is 412 g/mol. The van der Waals surface area contributed by atoms with E-state index in [0.29, 0.717) is 29.7 Å². The van der Waals surface area contributed by atoms with Gasteiger partial charge in [0, 0.05) is 16.8 Å². The SMILES string of the molecule is COC(=O)[C@@H]1CCCC[C@@]1(C)NC(=O)c1cccc(NC(=O)c2ccc(F)cc2)c1. The standard InChI is InChI=1S/C23H25FN2O4/c1-23(13-4-3-8-19(23)22(29)30-2)26-21(28)16-6-5-7-18(14-16)25-20(27)15-9-11-17(24)12-10-15/h5-7,9-12,14,19H,3-4,8,13H2,1-2H3,(H,25,27)(H,26,28)/t19-,23+/m0/s1. The normalized spacial score (nSPS) is 20.8. The van der Waals surface area contributed by atoms with Crippen LogP contribution >= 0.6 is 0 Å². The summed E-state index contributed by atoms with van der Waals surface area (Å²) in [4.78, 5) is 37.4. The van der Waals surface area contributed by atoms with Gasteiger partial charge in [-0.05, 0) is 62.2 Å². The van der Waals surface area contributed by atoms with E-state index < -0.39 is 23.2 Å². The second-order valence-electron chi connectivity index (χ2n) is 7.73. The lowest BCUT2D eigenvalue weighted by molar-refractivity contribution is -0.149. The molecule has 0 saturated heterocycles. The van der Waals surface area contributed by atoms with Gasteiger partial charge in [-0.25, -0.2) is 4.39 Å². The molecule has 2 aromatic rings. The molecule has 1 saturated carbocycles. The number of methoxy groups -OCH3 is 1. The molecule has 2 N–H and O–H groups in total. The van der Waals surface area contributed by atoms with Crippen LogP contribution in [0.3, 0.4) is 0 Å². The highest BCUT2D eigenvalue weighted by molar-refractivity contribution is 6.05. The molecule has 0 aromatic heterocycles. The van der Waals surface area contributed by atoms with E-state index in [1.807, 2.05) is 6.92 Å². The number of esters is 1. The molecule has 0 radical (unpaired) electrons. The van der Waals surface area contributed by atoms with E-state index in [9.17, 15) is 18.8 Å². The van der Waals surface area contributed by atoms with Crippen molar-refractivity contribution in [2.75, 3.05) is 12.4 Å². The van der Waals surface area contributed by atoms with Gasteiger partial charge >= 0.3 is 5.97 Å². The third kappa shape index (κ3) is 4.84. The minimum Gasteiger partial charge on any atom is -0.469 e.